The third kappa shape index (κ3) is 3.62. The number of hydrogen-bond acceptors (Lipinski definition) is 2. The van der Waals surface area contributed by atoms with Gasteiger partial charge in [-0.1, -0.05) is 36.4 Å². The monoisotopic (exact) mass is 326 g/mol. The summed E-state index contributed by atoms with van der Waals surface area (Å²) in [7, 11) is 0. The Balaban J connectivity index is 1.59. The summed E-state index contributed by atoms with van der Waals surface area (Å²) in [5, 5.41) is 2.61. The van der Waals surface area contributed by atoms with Crippen LogP contribution in [-0.2, 0) is 22.6 Å². The summed E-state index contributed by atoms with van der Waals surface area (Å²) in [6, 6.07) is 14.0. The van der Waals surface area contributed by atoms with Crippen LogP contribution in [0.2, 0.25) is 0 Å². The molecule has 2 amide bonds. The maximum Gasteiger partial charge on any atom is 0.236 e. The van der Waals surface area contributed by atoms with Crippen molar-refractivity contribution in [2.75, 3.05) is 11.4 Å². The molecule has 0 saturated heterocycles. The molecule has 0 fully saturated rings. The zero-order valence-corrected chi connectivity index (χ0v) is 13.3. The van der Waals surface area contributed by atoms with Crippen LogP contribution in [0.25, 0.3) is 0 Å². The minimum Gasteiger partial charge on any atom is -0.351 e. The van der Waals surface area contributed by atoms with E-state index in [1.54, 1.807) is 23.1 Å². The van der Waals surface area contributed by atoms with Gasteiger partial charge in [-0.3, -0.25) is 9.59 Å². The lowest BCUT2D eigenvalue weighted by atomic mass is 10.0. The number of nitrogens with zero attached hydrogens (tertiary/aromatic N) is 1. The summed E-state index contributed by atoms with van der Waals surface area (Å²) in [5.41, 5.74) is 2.42. The van der Waals surface area contributed by atoms with Gasteiger partial charge >= 0.3 is 0 Å². The SMILES string of the molecule is O=C(CC(=O)N1CCCc2ccccc21)NCc1ccccc1F. The minimum absolute atomic E-state index is 0.0787. The molecule has 1 N–H and O–H groups in total. The number of rotatable bonds is 4. The number of hydrogen-bond donors (Lipinski definition) is 1. The normalized spacial score (nSPS) is 13.3. The van der Waals surface area contributed by atoms with Crippen LogP contribution in [0.5, 0.6) is 0 Å². The number of para-hydroxylation sites is 1. The van der Waals surface area contributed by atoms with Crippen molar-refractivity contribution in [2.45, 2.75) is 25.8 Å². The molecule has 1 heterocycles. The molecule has 1 aliphatic rings. The number of amides is 2. The summed E-state index contributed by atoms with van der Waals surface area (Å²) in [6.07, 6.45) is 1.60. The predicted molar refractivity (Wildman–Crippen MR) is 90.0 cm³/mol. The van der Waals surface area contributed by atoms with E-state index < -0.39 is 5.91 Å². The summed E-state index contributed by atoms with van der Waals surface area (Å²) >= 11 is 0. The van der Waals surface area contributed by atoms with Crippen LogP contribution in [0, 0.1) is 5.82 Å². The zero-order valence-electron chi connectivity index (χ0n) is 13.3. The molecule has 0 saturated carbocycles. The lowest BCUT2D eigenvalue weighted by Crippen LogP contribution is -2.38. The lowest BCUT2D eigenvalue weighted by molar-refractivity contribution is -0.128. The van der Waals surface area contributed by atoms with Gasteiger partial charge in [0.05, 0.1) is 0 Å². The molecular formula is C19H19FN2O2. The Morgan fingerprint density at radius 2 is 1.83 bits per heavy atom. The van der Waals surface area contributed by atoms with Gasteiger partial charge in [0.1, 0.15) is 12.2 Å². The van der Waals surface area contributed by atoms with Gasteiger partial charge in [0, 0.05) is 24.3 Å². The Morgan fingerprint density at radius 1 is 1.08 bits per heavy atom. The first-order valence-corrected chi connectivity index (χ1v) is 8.03. The fourth-order valence-corrected chi connectivity index (χ4v) is 2.92. The molecular weight excluding hydrogens is 307 g/mol. The molecule has 1 aliphatic heterocycles. The fraction of sp³-hybridized carbons (Fsp3) is 0.263. The lowest BCUT2D eigenvalue weighted by Gasteiger charge is -2.29. The minimum atomic E-state index is -0.397. The highest BCUT2D eigenvalue weighted by atomic mass is 19.1. The van der Waals surface area contributed by atoms with Gasteiger partial charge < -0.3 is 10.2 Å². The smallest absolute Gasteiger partial charge is 0.236 e. The molecule has 0 spiro atoms. The summed E-state index contributed by atoms with van der Waals surface area (Å²) < 4.78 is 13.5. The van der Waals surface area contributed by atoms with Crippen LogP contribution in [-0.4, -0.2) is 18.4 Å². The number of halogens is 1. The first-order valence-electron chi connectivity index (χ1n) is 8.03. The second-order valence-corrected chi connectivity index (χ2v) is 5.82. The number of carbonyl (C=O) groups is 2. The van der Waals surface area contributed by atoms with Gasteiger partial charge in [-0.15, -0.1) is 0 Å². The number of nitrogens with one attached hydrogen (secondary N) is 1. The van der Waals surface area contributed by atoms with E-state index in [0.717, 1.165) is 24.1 Å². The highest BCUT2D eigenvalue weighted by molar-refractivity contribution is 6.05. The summed E-state index contributed by atoms with van der Waals surface area (Å²) in [4.78, 5) is 26.1. The summed E-state index contributed by atoms with van der Waals surface area (Å²) in [6.45, 7) is 0.700. The Hall–Kier alpha value is -2.69. The number of fused-ring (bicyclic) bond motifs is 1. The zero-order chi connectivity index (χ0) is 16.9. The molecule has 124 valence electrons. The van der Waals surface area contributed by atoms with E-state index in [2.05, 4.69) is 5.32 Å². The number of carbonyl (C=O) groups excluding carboxylic acids is 2. The molecule has 0 atom stereocenters. The highest BCUT2D eigenvalue weighted by Crippen LogP contribution is 2.27. The molecule has 24 heavy (non-hydrogen) atoms. The van der Waals surface area contributed by atoms with Crippen LogP contribution in [0.1, 0.15) is 24.0 Å². The number of anilines is 1. The second kappa shape index (κ2) is 7.25. The van der Waals surface area contributed by atoms with E-state index in [9.17, 15) is 14.0 Å². The molecule has 0 unspecified atom stereocenters. The predicted octanol–water partition coefficient (Wildman–Crippen LogP) is 2.81. The van der Waals surface area contributed by atoms with Crippen molar-refractivity contribution in [1.82, 2.24) is 5.32 Å². The van der Waals surface area contributed by atoms with Gasteiger partial charge in [-0.05, 0) is 30.5 Å². The van der Waals surface area contributed by atoms with Crippen molar-refractivity contribution in [3.05, 3.63) is 65.5 Å². The quantitative estimate of drug-likeness (QED) is 0.879. The van der Waals surface area contributed by atoms with Crippen LogP contribution in [0.15, 0.2) is 48.5 Å². The third-order valence-corrected chi connectivity index (χ3v) is 4.16. The second-order valence-electron chi connectivity index (χ2n) is 5.82. The van der Waals surface area contributed by atoms with Gasteiger partial charge in [-0.25, -0.2) is 4.39 Å². The maximum atomic E-state index is 13.5. The molecule has 2 aromatic rings. The molecule has 0 radical (unpaired) electrons. The van der Waals surface area contributed by atoms with Crippen molar-refractivity contribution < 1.29 is 14.0 Å². The van der Waals surface area contributed by atoms with Crippen molar-refractivity contribution in [3.63, 3.8) is 0 Å². The maximum absolute atomic E-state index is 13.5. The fourth-order valence-electron chi connectivity index (χ4n) is 2.92. The van der Waals surface area contributed by atoms with Crippen LogP contribution >= 0.6 is 0 Å². The van der Waals surface area contributed by atoms with Gasteiger partial charge in [0.15, 0.2) is 0 Å². The van der Waals surface area contributed by atoms with E-state index in [-0.39, 0.29) is 24.7 Å². The topological polar surface area (TPSA) is 49.4 Å². The number of benzene rings is 2. The Labute approximate surface area is 140 Å². The molecule has 4 nitrogen and oxygen atoms in total. The first kappa shape index (κ1) is 16.2. The van der Waals surface area contributed by atoms with Crippen LogP contribution in [0.4, 0.5) is 10.1 Å². The van der Waals surface area contributed by atoms with E-state index >= 15 is 0 Å². The average molecular weight is 326 g/mol. The van der Waals surface area contributed by atoms with Gasteiger partial charge in [0.25, 0.3) is 0 Å². The molecule has 3 rings (SSSR count). The molecule has 0 bridgehead atoms. The standard InChI is InChI=1S/C19H19FN2O2/c20-16-9-3-1-7-15(16)13-21-18(23)12-19(24)22-11-5-8-14-6-2-4-10-17(14)22/h1-4,6-7,9-10H,5,8,11-13H2,(H,21,23). The Morgan fingerprint density at radius 3 is 2.67 bits per heavy atom. The van der Waals surface area contributed by atoms with Crippen LogP contribution in [0.3, 0.4) is 0 Å². The van der Waals surface area contributed by atoms with E-state index in [1.165, 1.54) is 6.07 Å². The Bertz CT molecular complexity index is 761. The van der Waals surface area contributed by atoms with Crippen molar-refractivity contribution in [1.29, 1.82) is 0 Å². The Kier molecular flexibility index (Phi) is 4.89. The molecule has 2 aromatic carbocycles. The molecule has 5 heteroatoms. The van der Waals surface area contributed by atoms with Crippen molar-refractivity contribution in [2.24, 2.45) is 0 Å². The van der Waals surface area contributed by atoms with Crippen LogP contribution < -0.4 is 10.2 Å². The summed E-state index contributed by atoms with van der Waals surface area (Å²) in [5.74, 6) is -0.992. The number of aryl methyl sites for hydroxylation is 1. The van der Waals surface area contributed by atoms with E-state index in [1.807, 2.05) is 24.3 Å². The average Bonchev–Trinajstić information content (AvgIpc) is 2.60. The van der Waals surface area contributed by atoms with Gasteiger partial charge in [0.2, 0.25) is 11.8 Å². The van der Waals surface area contributed by atoms with Gasteiger partial charge in [-0.2, -0.15) is 0 Å². The van der Waals surface area contributed by atoms with Crippen molar-refractivity contribution >= 4 is 17.5 Å². The molecule has 0 aromatic heterocycles. The first-order chi connectivity index (χ1) is 11.6. The van der Waals surface area contributed by atoms with E-state index in [4.69, 9.17) is 0 Å². The largest absolute Gasteiger partial charge is 0.351 e. The van der Waals surface area contributed by atoms with Crippen molar-refractivity contribution in [3.8, 4) is 0 Å². The highest BCUT2D eigenvalue weighted by Gasteiger charge is 2.23. The van der Waals surface area contributed by atoms with E-state index in [0.29, 0.717) is 12.1 Å². The third-order valence-electron chi connectivity index (χ3n) is 4.16. The molecule has 0 aliphatic carbocycles.